The van der Waals surface area contributed by atoms with Crippen molar-refractivity contribution in [1.29, 1.82) is 0 Å². The van der Waals surface area contributed by atoms with E-state index < -0.39 is 48.7 Å². The van der Waals surface area contributed by atoms with E-state index in [-0.39, 0.29) is 6.42 Å². The van der Waals surface area contributed by atoms with Crippen molar-refractivity contribution in [2.75, 3.05) is 13.7 Å². The van der Waals surface area contributed by atoms with E-state index >= 15 is 0 Å². The number of hydrogen-bond donors (Lipinski definition) is 5. The summed E-state index contributed by atoms with van der Waals surface area (Å²) in [6.07, 6.45) is -5.60. The van der Waals surface area contributed by atoms with Crippen LogP contribution < -0.4 is 0 Å². The van der Waals surface area contributed by atoms with Crippen LogP contribution in [0.25, 0.3) is 0 Å². The van der Waals surface area contributed by atoms with Gasteiger partial charge in [-0.05, 0) is 0 Å². The van der Waals surface area contributed by atoms with E-state index in [2.05, 4.69) is 0 Å². The zero-order valence-electron chi connectivity index (χ0n) is 10.8. The van der Waals surface area contributed by atoms with Crippen molar-refractivity contribution in [3.8, 4) is 0 Å². The molecule has 5 N–H and O–H groups in total. The number of rotatable bonds is 5. The van der Waals surface area contributed by atoms with Crippen LogP contribution in [0.15, 0.2) is 0 Å². The van der Waals surface area contributed by atoms with Crippen molar-refractivity contribution in [1.82, 2.24) is 0 Å². The number of hydrogen-bond acceptors (Lipinski definition) is 7. The van der Waals surface area contributed by atoms with Crippen LogP contribution in [0.3, 0.4) is 0 Å². The summed E-state index contributed by atoms with van der Waals surface area (Å²) in [6, 6.07) is 0. The first-order valence-corrected chi connectivity index (χ1v) is 5.90. The third-order valence-corrected chi connectivity index (χ3v) is 3.50. The van der Waals surface area contributed by atoms with Gasteiger partial charge in [-0.15, -0.1) is 0 Å². The number of ether oxygens (including phenoxy) is 2. The lowest BCUT2D eigenvalue weighted by atomic mass is 9.84. The summed E-state index contributed by atoms with van der Waals surface area (Å²) in [7, 11) is 1.11. The predicted molar refractivity (Wildman–Crippen MR) is 61.1 cm³/mol. The SMILES string of the molecule is COC1(C(=O)O)CC(O)C(C)C(C(O)C(O)CO)O1. The Morgan fingerprint density at radius 1 is 1.53 bits per heavy atom. The first kappa shape index (κ1) is 16.3. The summed E-state index contributed by atoms with van der Waals surface area (Å²) >= 11 is 0. The number of carbonyl (C=O) groups is 1. The van der Waals surface area contributed by atoms with Crippen molar-refractivity contribution in [2.45, 2.75) is 43.5 Å². The van der Waals surface area contributed by atoms with Crippen LogP contribution in [0.4, 0.5) is 0 Å². The second-order valence-electron chi connectivity index (χ2n) is 4.72. The molecule has 112 valence electrons. The highest BCUT2D eigenvalue weighted by atomic mass is 16.7. The summed E-state index contributed by atoms with van der Waals surface area (Å²) in [6.45, 7) is 0.834. The molecule has 8 heteroatoms. The van der Waals surface area contributed by atoms with Crippen LogP contribution in [0.5, 0.6) is 0 Å². The Balaban J connectivity index is 2.99. The van der Waals surface area contributed by atoms with Crippen LogP contribution in [0, 0.1) is 5.92 Å². The summed E-state index contributed by atoms with van der Waals surface area (Å²) in [5.74, 6) is -4.14. The van der Waals surface area contributed by atoms with E-state index in [1.165, 1.54) is 0 Å². The molecule has 6 unspecified atom stereocenters. The molecule has 1 aliphatic heterocycles. The molecule has 1 rings (SSSR count). The first-order valence-electron chi connectivity index (χ1n) is 5.90. The molecule has 1 fully saturated rings. The zero-order chi connectivity index (χ0) is 14.8. The highest BCUT2D eigenvalue weighted by Gasteiger charge is 2.53. The van der Waals surface area contributed by atoms with Gasteiger partial charge in [0.1, 0.15) is 12.2 Å². The molecule has 0 saturated carbocycles. The molecule has 6 atom stereocenters. The molecule has 0 aromatic carbocycles. The maximum Gasteiger partial charge on any atom is 0.364 e. The van der Waals surface area contributed by atoms with Gasteiger partial charge in [0, 0.05) is 19.4 Å². The quantitative estimate of drug-likeness (QED) is 0.387. The number of carboxylic acid groups (broad SMARTS) is 1. The molecule has 0 bridgehead atoms. The van der Waals surface area contributed by atoms with Gasteiger partial charge < -0.3 is 35.0 Å². The third-order valence-electron chi connectivity index (χ3n) is 3.50. The molecule has 1 aliphatic rings. The van der Waals surface area contributed by atoms with Gasteiger partial charge in [0.05, 0.1) is 18.8 Å². The summed E-state index contributed by atoms with van der Waals surface area (Å²) in [5, 5.41) is 47.1. The highest BCUT2D eigenvalue weighted by molar-refractivity contribution is 5.76. The third kappa shape index (κ3) is 3.04. The molecular formula is C11H20O8. The highest BCUT2D eigenvalue weighted by Crippen LogP contribution is 2.35. The van der Waals surface area contributed by atoms with Crippen molar-refractivity contribution >= 4 is 5.97 Å². The minimum Gasteiger partial charge on any atom is -0.477 e. The number of aliphatic hydroxyl groups excluding tert-OH is 4. The Morgan fingerprint density at radius 3 is 2.53 bits per heavy atom. The summed E-state index contributed by atoms with van der Waals surface area (Å²) < 4.78 is 10.1. The van der Waals surface area contributed by atoms with E-state index in [0.29, 0.717) is 0 Å². The molecule has 0 aromatic heterocycles. The van der Waals surface area contributed by atoms with E-state index in [1.54, 1.807) is 6.92 Å². The average Bonchev–Trinajstić information content (AvgIpc) is 2.39. The van der Waals surface area contributed by atoms with Gasteiger partial charge in [-0.2, -0.15) is 0 Å². The van der Waals surface area contributed by atoms with Gasteiger partial charge in [0.2, 0.25) is 0 Å². The fourth-order valence-corrected chi connectivity index (χ4v) is 2.12. The lowest BCUT2D eigenvalue weighted by molar-refractivity contribution is -0.310. The van der Waals surface area contributed by atoms with Crippen LogP contribution in [-0.2, 0) is 14.3 Å². The Morgan fingerprint density at radius 2 is 2.11 bits per heavy atom. The monoisotopic (exact) mass is 280 g/mol. The standard InChI is InChI=1S/C11H20O8/c1-5-6(13)3-11(18-2,10(16)17)19-9(5)8(15)7(14)4-12/h5-9,12-15H,3-4H2,1-2H3,(H,16,17). The van der Waals surface area contributed by atoms with E-state index in [4.69, 9.17) is 19.7 Å². The van der Waals surface area contributed by atoms with Crippen LogP contribution in [0.1, 0.15) is 13.3 Å². The van der Waals surface area contributed by atoms with Gasteiger partial charge in [0.15, 0.2) is 0 Å². The molecule has 0 radical (unpaired) electrons. The Hall–Kier alpha value is -0.770. The van der Waals surface area contributed by atoms with Crippen molar-refractivity contribution in [3.05, 3.63) is 0 Å². The van der Waals surface area contributed by atoms with E-state index in [9.17, 15) is 20.1 Å². The molecule has 1 heterocycles. The van der Waals surface area contributed by atoms with E-state index in [0.717, 1.165) is 7.11 Å². The maximum atomic E-state index is 11.2. The second kappa shape index (κ2) is 6.12. The average molecular weight is 280 g/mol. The molecule has 0 spiro atoms. The van der Waals surface area contributed by atoms with Gasteiger partial charge in [-0.3, -0.25) is 0 Å². The summed E-state index contributed by atoms with van der Waals surface area (Å²) in [5.41, 5.74) is 0. The fourth-order valence-electron chi connectivity index (χ4n) is 2.12. The van der Waals surface area contributed by atoms with Crippen molar-refractivity contribution in [2.24, 2.45) is 5.92 Å². The number of aliphatic carboxylic acids is 1. The lowest BCUT2D eigenvalue weighted by Gasteiger charge is -2.44. The van der Waals surface area contributed by atoms with Gasteiger partial charge in [0.25, 0.3) is 5.79 Å². The molecule has 8 nitrogen and oxygen atoms in total. The molecule has 0 aliphatic carbocycles. The molecule has 19 heavy (non-hydrogen) atoms. The van der Waals surface area contributed by atoms with Crippen LogP contribution in [-0.4, -0.2) is 75.4 Å². The normalized spacial score (nSPS) is 38.7. The predicted octanol–water partition coefficient (Wildman–Crippen LogP) is -2.09. The zero-order valence-corrected chi connectivity index (χ0v) is 10.8. The second-order valence-corrected chi connectivity index (χ2v) is 4.72. The fraction of sp³-hybridized carbons (Fsp3) is 0.909. The topological polar surface area (TPSA) is 137 Å². The molecule has 0 aromatic rings. The smallest absolute Gasteiger partial charge is 0.364 e. The minimum absolute atomic E-state index is 0.293. The minimum atomic E-state index is -2.08. The Kier molecular flexibility index (Phi) is 5.25. The number of carboxylic acids is 1. The van der Waals surface area contributed by atoms with E-state index in [1.807, 2.05) is 0 Å². The molecule has 0 amide bonds. The Bertz CT molecular complexity index is 322. The number of aliphatic hydroxyl groups is 4. The maximum absolute atomic E-state index is 11.2. The van der Waals surface area contributed by atoms with Crippen molar-refractivity contribution in [3.63, 3.8) is 0 Å². The number of methoxy groups -OCH3 is 1. The van der Waals surface area contributed by atoms with Crippen LogP contribution in [0.2, 0.25) is 0 Å². The summed E-state index contributed by atoms with van der Waals surface area (Å²) in [4.78, 5) is 11.2. The largest absolute Gasteiger partial charge is 0.477 e. The molecule has 1 saturated heterocycles. The lowest BCUT2D eigenvalue weighted by Crippen LogP contribution is -2.60. The molecular weight excluding hydrogens is 260 g/mol. The van der Waals surface area contributed by atoms with Crippen LogP contribution >= 0.6 is 0 Å². The van der Waals surface area contributed by atoms with Gasteiger partial charge in [-0.1, -0.05) is 6.92 Å². The van der Waals surface area contributed by atoms with Gasteiger partial charge >= 0.3 is 5.97 Å². The Labute approximate surface area is 110 Å². The first-order chi connectivity index (χ1) is 8.79. The van der Waals surface area contributed by atoms with Gasteiger partial charge in [-0.25, -0.2) is 4.79 Å². The van der Waals surface area contributed by atoms with Crippen molar-refractivity contribution < 1.29 is 39.8 Å².